The van der Waals surface area contributed by atoms with Gasteiger partial charge in [-0.25, -0.2) is 4.98 Å². The van der Waals surface area contributed by atoms with Crippen molar-refractivity contribution in [3.05, 3.63) is 79.5 Å². The van der Waals surface area contributed by atoms with Gasteiger partial charge in [0.25, 0.3) is 11.5 Å². The van der Waals surface area contributed by atoms with Gasteiger partial charge in [-0.3, -0.25) is 14.6 Å². The first-order valence-corrected chi connectivity index (χ1v) is 11.0. The van der Waals surface area contributed by atoms with Crippen molar-refractivity contribution in [2.75, 3.05) is 5.32 Å². The fraction of sp³-hybridized carbons (Fsp3) is 0.143. The van der Waals surface area contributed by atoms with E-state index >= 15 is 0 Å². The van der Waals surface area contributed by atoms with Gasteiger partial charge < -0.3 is 5.32 Å². The molecule has 0 atom stereocenters. The van der Waals surface area contributed by atoms with Gasteiger partial charge in [0.05, 0.1) is 21.2 Å². The quantitative estimate of drug-likeness (QED) is 0.407. The second-order valence-electron chi connectivity index (χ2n) is 7.03. The third-order valence-corrected chi connectivity index (χ3v) is 5.88. The lowest BCUT2D eigenvalue weighted by atomic mass is 10.1. The molecule has 0 unspecified atom stereocenters. The summed E-state index contributed by atoms with van der Waals surface area (Å²) in [5.41, 5.74) is 1.20. The maximum absolute atomic E-state index is 12.9. The van der Waals surface area contributed by atoms with Crippen LogP contribution in [0.25, 0.3) is 16.5 Å². The van der Waals surface area contributed by atoms with Crippen LogP contribution in [-0.2, 0) is 0 Å². The molecule has 31 heavy (non-hydrogen) atoms. The van der Waals surface area contributed by atoms with Crippen LogP contribution in [-0.4, -0.2) is 25.7 Å². The molecule has 2 N–H and O–H groups in total. The minimum Gasteiger partial charge on any atom is -0.306 e. The van der Waals surface area contributed by atoms with Gasteiger partial charge in [-0.1, -0.05) is 43.1 Å². The molecule has 7 nitrogen and oxygen atoms in total. The Morgan fingerprint density at radius 2 is 2.00 bits per heavy atom. The molecule has 0 spiro atoms. The molecule has 3 aromatic heterocycles. The van der Waals surface area contributed by atoms with Crippen molar-refractivity contribution in [1.82, 2.24) is 19.7 Å². The van der Waals surface area contributed by atoms with Crippen molar-refractivity contribution in [1.29, 1.82) is 0 Å². The van der Waals surface area contributed by atoms with Gasteiger partial charge in [0.1, 0.15) is 11.5 Å². The Labute approximate surface area is 191 Å². The number of carbonyl (C=O) groups excluding carboxylic acids is 1. The van der Waals surface area contributed by atoms with Gasteiger partial charge >= 0.3 is 0 Å². The number of H-pyrrole nitrogens is 1. The summed E-state index contributed by atoms with van der Waals surface area (Å²) in [4.78, 5) is 33.2. The molecule has 0 fully saturated rings. The average molecular weight is 474 g/mol. The Hall–Kier alpha value is -2.94. The van der Waals surface area contributed by atoms with Gasteiger partial charge in [0, 0.05) is 17.2 Å². The molecule has 0 aliphatic rings. The van der Waals surface area contributed by atoms with Crippen LogP contribution in [0.4, 0.5) is 5.82 Å². The highest BCUT2D eigenvalue weighted by molar-refractivity contribution is 7.13. The summed E-state index contributed by atoms with van der Waals surface area (Å²) in [5, 5.41) is 9.97. The molecule has 4 aromatic rings. The fourth-order valence-corrected chi connectivity index (χ4v) is 4.07. The average Bonchev–Trinajstić information content (AvgIpc) is 3.37. The summed E-state index contributed by atoms with van der Waals surface area (Å²) in [7, 11) is 0. The van der Waals surface area contributed by atoms with Crippen LogP contribution in [0.15, 0.2) is 52.6 Å². The van der Waals surface area contributed by atoms with Gasteiger partial charge in [-0.2, -0.15) is 9.78 Å². The number of hydrogen-bond donors (Lipinski definition) is 2. The van der Waals surface area contributed by atoms with E-state index < -0.39 is 5.91 Å². The Balaban J connectivity index is 1.80. The molecule has 0 aliphatic heterocycles. The van der Waals surface area contributed by atoms with Crippen molar-refractivity contribution in [2.45, 2.75) is 19.8 Å². The zero-order valence-electron chi connectivity index (χ0n) is 16.5. The lowest BCUT2D eigenvalue weighted by Crippen LogP contribution is -2.19. The summed E-state index contributed by atoms with van der Waals surface area (Å²) < 4.78 is 1.41. The molecule has 0 aliphatic carbocycles. The molecule has 158 valence electrons. The standard InChI is InChI=1S/C21H17Cl2N5O2S/c1-11(2)15-10-19(29)26-21(24-15)28-18(9-16(27-28)17-4-3-7-31-17)25-20(30)13-6-5-12(22)8-14(13)23/h3-11H,1-2H3,(H,25,30)(H,24,26,29). The maximum Gasteiger partial charge on any atom is 0.258 e. The number of carbonyl (C=O) groups is 1. The monoisotopic (exact) mass is 473 g/mol. The van der Waals surface area contributed by atoms with E-state index in [9.17, 15) is 9.59 Å². The molecule has 0 radical (unpaired) electrons. The summed E-state index contributed by atoms with van der Waals surface area (Å²) in [6, 6.07) is 11.6. The van der Waals surface area contributed by atoms with E-state index in [4.69, 9.17) is 23.2 Å². The first-order chi connectivity index (χ1) is 14.8. The molecule has 0 saturated heterocycles. The third-order valence-electron chi connectivity index (χ3n) is 4.44. The van der Waals surface area contributed by atoms with Crippen molar-refractivity contribution < 1.29 is 4.79 Å². The summed E-state index contributed by atoms with van der Waals surface area (Å²) in [5.74, 6) is 0.141. The highest BCUT2D eigenvalue weighted by Gasteiger charge is 2.19. The minimum absolute atomic E-state index is 0.0410. The zero-order chi connectivity index (χ0) is 22.1. The van der Waals surface area contributed by atoms with Crippen molar-refractivity contribution in [2.24, 2.45) is 0 Å². The number of aromatic nitrogens is 4. The number of nitrogens with one attached hydrogen (secondary N) is 2. The Bertz CT molecular complexity index is 1310. The second-order valence-corrected chi connectivity index (χ2v) is 8.82. The number of anilines is 1. The smallest absolute Gasteiger partial charge is 0.258 e. The Kier molecular flexibility index (Phi) is 5.95. The molecule has 0 bridgehead atoms. The topological polar surface area (TPSA) is 92.7 Å². The molecule has 4 rings (SSSR count). The molecule has 10 heteroatoms. The molecule has 0 saturated carbocycles. The summed E-state index contributed by atoms with van der Waals surface area (Å²) in [6.45, 7) is 3.88. The van der Waals surface area contributed by atoms with Crippen molar-refractivity contribution in [3.63, 3.8) is 0 Å². The number of amides is 1. The third kappa shape index (κ3) is 4.56. The summed E-state index contributed by atoms with van der Waals surface area (Å²) >= 11 is 13.6. The predicted octanol–water partition coefficient (Wildman–Crippen LogP) is 5.37. The summed E-state index contributed by atoms with van der Waals surface area (Å²) in [6.07, 6.45) is 0. The molecular formula is C21H17Cl2N5O2S. The lowest BCUT2D eigenvalue weighted by Gasteiger charge is -2.11. The van der Waals surface area contributed by atoms with Gasteiger partial charge in [0.15, 0.2) is 0 Å². The molecular weight excluding hydrogens is 457 g/mol. The van der Waals surface area contributed by atoms with Crippen LogP contribution in [0.2, 0.25) is 10.0 Å². The van der Waals surface area contributed by atoms with E-state index in [1.54, 1.807) is 18.2 Å². The highest BCUT2D eigenvalue weighted by atomic mass is 35.5. The predicted molar refractivity (Wildman–Crippen MR) is 124 cm³/mol. The first-order valence-electron chi connectivity index (χ1n) is 9.34. The van der Waals surface area contributed by atoms with E-state index in [0.717, 1.165) is 4.88 Å². The van der Waals surface area contributed by atoms with Gasteiger partial charge in [-0.15, -0.1) is 11.3 Å². The fourth-order valence-electron chi connectivity index (χ4n) is 2.89. The molecule has 1 aromatic carbocycles. The number of thiophene rings is 1. The van der Waals surface area contributed by atoms with Crippen LogP contribution in [0.1, 0.15) is 35.8 Å². The van der Waals surface area contributed by atoms with E-state index in [1.807, 2.05) is 31.4 Å². The second kappa shape index (κ2) is 8.66. The van der Waals surface area contributed by atoms with Crippen LogP contribution in [0, 0.1) is 0 Å². The van der Waals surface area contributed by atoms with Crippen LogP contribution in [0.3, 0.4) is 0 Å². The maximum atomic E-state index is 12.9. The van der Waals surface area contributed by atoms with Crippen LogP contribution < -0.4 is 10.9 Å². The van der Waals surface area contributed by atoms with Crippen LogP contribution >= 0.6 is 34.5 Å². The number of nitrogens with zero attached hydrogens (tertiary/aromatic N) is 3. The van der Waals surface area contributed by atoms with E-state index in [1.165, 1.54) is 28.2 Å². The largest absolute Gasteiger partial charge is 0.306 e. The van der Waals surface area contributed by atoms with Crippen molar-refractivity contribution >= 4 is 46.3 Å². The molecule has 3 heterocycles. The van der Waals surface area contributed by atoms with Crippen LogP contribution in [0.5, 0.6) is 0 Å². The van der Waals surface area contributed by atoms with Gasteiger partial charge in [-0.05, 0) is 35.6 Å². The van der Waals surface area contributed by atoms with E-state index in [-0.39, 0.29) is 28.0 Å². The Morgan fingerprint density at radius 1 is 1.19 bits per heavy atom. The first kappa shape index (κ1) is 21.3. The number of rotatable bonds is 5. The number of aromatic amines is 1. The number of benzene rings is 1. The SMILES string of the molecule is CC(C)c1cc(=O)[nH]c(-n2nc(-c3cccs3)cc2NC(=O)c2ccc(Cl)cc2Cl)n1. The Morgan fingerprint density at radius 3 is 2.68 bits per heavy atom. The normalized spacial score (nSPS) is 11.1. The minimum atomic E-state index is -0.442. The zero-order valence-corrected chi connectivity index (χ0v) is 18.8. The number of halogens is 2. The van der Waals surface area contributed by atoms with E-state index in [2.05, 4.69) is 20.4 Å². The highest BCUT2D eigenvalue weighted by Crippen LogP contribution is 2.28. The molecule has 1 amide bonds. The number of hydrogen-bond acceptors (Lipinski definition) is 5. The van der Waals surface area contributed by atoms with Gasteiger partial charge in [0.2, 0.25) is 5.95 Å². The van der Waals surface area contributed by atoms with Crippen molar-refractivity contribution in [3.8, 4) is 16.5 Å². The van der Waals surface area contributed by atoms with E-state index in [0.29, 0.717) is 22.2 Å². The lowest BCUT2D eigenvalue weighted by molar-refractivity contribution is 0.102.